The highest BCUT2D eigenvalue weighted by Gasteiger charge is 2.06. The average molecular weight is 216 g/mol. The summed E-state index contributed by atoms with van der Waals surface area (Å²) in [6.45, 7) is 1.45. The Hall–Kier alpha value is -0.900. The monoisotopic (exact) mass is 215 g/mol. The minimum absolute atomic E-state index is 0. The molecule has 0 fully saturated rings. The molecule has 59 valence electrons. The van der Waals surface area contributed by atoms with Crippen molar-refractivity contribution < 1.29 is 21.8 Å². The number of halogens is 1. The largest absolute Gasteiger partial charge is 1.00 e. The van der Waals surface area contributed by atoms with Crippen LogP contribution in [0.1, 0.15) is 6.92 Å². The van der Waals surface area contributed by atoms with Gasteiger partial charge in [-0.2, -0.15) is 0 Å². The molecule has 1 heterocycles. The minimum Gasteiger partial charge on any atom is -1.00 e. The van der Waals surface area contributed by atoms with Crippen molar-refractivity contribution >= 4 is 12.1 Å². The van der Waals surface area contributed by atoms with Crippen LogP contribution >= 0.6 is 0 Å². The summed E-state index contributed by atoms with van der Waals surface area (Å²) >= 11 is 0. The van der Waals surface area contributed by atoms with Gasteiger partial charge in [-0.25, -0.2) is 10.1 Å². The van der Waals surface area contributed by atoms with E-state index in [0.29, 0.717) is 5.82 Å². The Bertz CT molecular complexity index is 231. The first kappa shape index (κ1) is 10.1. The summed E-state index contributed by atoms with van der Waals surface area (Å²) in [6, 6.07) is 0. The summed E-state index contributed by atoms with van der Waals surface area (Å²) < 4.78 is 0. The zero-order valence-electron chi connectivity index (χ0n) is 6.04. The fourth-order valence-electron chi connectivity index (χ4n) is 0.617. The molecule has 11 heavy (non-hydrogen) atoms. The van der Waals surface area contributed by atoms with Gasteiger partial charge in [-0.3, -0.25) is 0 Å². The van der Waals surface area contributed by atoms with Crippen molar-refractivity contribution in [2.24, 2.45) is 0 Å². The lowest BCUT2D eigenvalue weighted by Gasteiger charge is -1.89. The predicted octanol–water partition coefficient (Wildman–Crippen LogP) is -3.06. The van der Waals surface area contributed by atoms with Crippen molar-refractivity contribution in [3.05, 3.63) is 24.0 Å². The molecule has 0 aromatic carbocycles. The third-order valence-corrected chi connectivity index (χ3v) is 0.969. The minimum atomic E-state index is -0.0984. The van der Waals surface area contributed by atoms with Crippen LogP contribution in [0.15, 0.2) is 24.0 Å². The first-order valence-electron chi connectivity index (χ1n) is 2.97. The van der Waals surface area contributed by atoms with Gasteiger partial charge in [-0.05, 0) is 11.1 Å². The van der Waals surface area contributed by atoms with E-state index in [1.165, 1.54) is 6.92 Å². The summed E-state index contributed by atoms with van der Waals surface area (Å²) in [5.74, 6) is 0.494. The second-order valence-corrected chi connectivity index (χ2v) is 1.90. The smallest absolute Gasteiger partial charge is 0.323 e. The quantitative estimate of drug-likeness (QED) is 0.497. The van der Waals surface area contributed by atoms with Crippen molar-refractivity contribution in [3.8, 4) is 0 Å². The Morgan fingerprint density at radius 2 is 2.27 bits per heavy atom. The highest BCUT2D eigenvalue weighted by molar-refractivity contribution is 5.77. The van der Waals surface area contributed by atoms with Gasteiger partial charge < -0.3 is 17.0 Å². The van der Waals surface area contributed by atoms with Crippen molar-refractivity contribution in [1.82, 2.24) is 10.3 Å². The molecule has 1 radical (unpaired) electrons. The molecule has 1 N–H and O–H groups in total. The highest BCUT2D eigenvalue weighted by Crippen LogP contribution is 1.87. The number of hydrogen-bond donors (Lipinski definition) is 1. The number of allylic oxidation sites excluding steroid dienone is 3. The molecule has 0 spiro atoms. The molecule has 0 saturated carbocycles. The summed E-state index contributed by atoms with van der Waals surface area (Å²) in [6.07, 6.45) is 6.98. The van der Waals surface area contributed by atoms with Crippen LogP contribution in [0.4, 0.5) is 0 Å². The highest BCUT2D eigenvalue weighted by atomic mass is 79.9. The summed E-state index contributed by atoms with van der Waals surface area (Å²) in [4.78, 5) is 14.3. The Morgan fingerprint density at radius 3 is 2.73 bits per heavy atom. The van der Waals surface area contributed by atoms with Crippen LogP contribution in [0.25, 0.3) is 0 Å². The van der Waals surface area contributed by atoms with Gasteiger partial charge in [0.1, 0.15) is 6.21 Å². The molecule has 0 aliphatic carbocycles. The molecule has 0 aromatic heterocycles. The van der Waals surface area contributed by atoms with E-state index in [4.69, 9.17) is 0 Å². The van der Waals surface area contributed by atoms with Gasteiger partial charge in [0, 0.05) is 13.0 Å². The van der Waals surface area contributed by atoms with Crippen LogP contribution in [-0.2, 0) is 4.79 Å². The number of carbonyl (C=O) groups is 1. The standard InChI is InChI=1S/C7H8N2O.BrH/c1-6(10)9-7-4-2-3-5-8-7;/h2-5H,1H3,(H,9,10);1H/q+1;/p-1. The van der Waals surface area contributed by atoms with E-state index in [2.05, 4.69) is 10.3 Å². The van der Waals surface area contributed by atoms with E-state index >= 15 is 0 Å². The van der Waals surface area contributed by atoms with E-state index in [1.54, 1.807) is 18.4 Å². The lowest BCUT2D eigenvalue weighted by atomic mass is 10.4. The molecular weight excluding hydrogens is 208 g/mol. The van der Waals surface area contributed by atoms with E-state index < -0.39 is 0 Å². The molecule has 1 rings (SSSR count). The molecule has 0 saturated heterocycles. The van der Waals surface area contributed by atoms with E-state index in [-0.39, 0.29) is 22.9 Å². The van der Waals surface area contributed by atoms with Crippen LogP contribution in [0, 0.1) is 0 Å². The lowest BCUT2D eigenvalue weighted by molar-refractivity contribution is -0.118. The number of amides is 1. The molecule has 1 aliphatic rings. The molecule has 0 aromatic rings. The van der Waals surface area contributed by atoms with Gasteiger partial charge in [-0.15, -0.1) is 0 Å². The van der Waals surface area contributed by atoms with Crippen LogP contribution in [-0.4, -0.2) is 12.1 Å². The fraction of sp³-hybridized carbons (Fsp3) is 0.143. The van der Waals surface area contributed by atoms with Crippen LogP contribution in [0.2, 0.25) is 0 Å². The van der Waals surface area contributed by atoms with E-state index in [9.17, 15) is 4.79 Å². The second kappa shape index (κ2) is 4.85. The molecule has 1 aliphatic heterocycles. The van der Waals surface area contributed by atoms with Gasteiger partial charge in [0.2, 0.25) is 0 Å². The van der Waals surface area contributed by atoms with Gasteiger partial charge in [0.25, 0.3) is 0 Å². The maximum atomic E-state index is 10.5. The molecule has 4 heteroatoms. The topological polar surface area (TPSA) is 43.2 Å². The Kier molecular flexibility index (Phi) is 4.45. The van der Waals surface area contributed by atoms with Crippen molar-refractivity contribution in [2.45, 2.75) is 6.92 Å². The van der Waals surface area contributed by atoms with Gasteiger partial charge in [0.05, 0.1) is 0 Å². The maximum Gasteiger partial charge on any atom is 0.323 e. The SMILES string of the molecule is CC(=O)NC1=CC=CC=[N+]1.[Br-]. The molecular formula is C7H8BrN2O. The average Bonchev–Trinajstić information content (AvgIpc) is 1.88. The van der Waals surface area contributed by atoms with Crippen LogP contribution in [0.3, 0.4) is 0 Å². The molecule has 0 unspecified atom stereocenters. The van der Waals surface area contributed by atoms with Crippen molar-refractivity contribution in [1.29, 1.82) is 0 Å². The Balaban J connectivity index is 0.000001000. The Morgan fingerprint density at radius 1 is 1.55 bits per heavy atom. The first-order valence-corrected chi connectivity index (χ1v) is 2.97. The first-order chi connectivity index (χ1) is 4.79. The third kappa shape index (κ3) is 3.72. The normalized spacial score (nSPS) is 13.4. The van der Waals surface area contributed by atoms with E-state index in [0.717, 1.165) is 0 Å². The molecule has 0 atom stereocenters. The van der Waals surface area contributed by atoms with Gasteiger partial charge in [0.15, 0.2) is 0 Å². The lowest BCUT2D eigenvalue weighted by Crippen LogP contribution is -3.00. The number of nitrogens with zero attached hydrogens (tertiary/aromatic N) is 1. The van der Waals surface area contributed by atoms with Gasteiger partial charge >= 0.3 is 11.7 Å². The number of aliphatic imine (C=N–C) groups is 1. The Labute approximate surface area is 75.7 Å². The summed E-state index contributed by atoms with van der Waals surface area (Å²) in [5, 5.41) is 2.55. The fourth-order valence-corrected chi connectivity index (χ4v) is 0.617. The number of carbonyl (C=O) groups excluding carboxylic acids is 1. The number of rotatable bonds is 1. The zero-order chi connectivity index (χ0) is 7.40. The zero-order valence-corrected chi connectivity index (χ0v) is 7.63. The second-order valence-electron chi connectivity index (χ2n) is 1.90. The van der Waals surface area contributed by atoms with Gasteiger partial charge in [-0.1, -0.05) is 6.08 Å². The molecule has 0 bridgehead atoms. The van der Waals surface area contributed by atoms with Crippen LogP contribution < -0.4 is 27.3 Å². The number of nitrogens with one attached hydrogen (secondary N) is 1. The third-order valence-electron chi connectivity index (χ3n) is 0.969. The van der Waals surface area contributed by atoms with Crippen molar-refractivity contribution in [2.75, 3.05) is 0 Å². The van der Waals surface area contributed by atoms with Crippen molar-refractivity contribution in [3.63, 3.8) is 0 Å². The predicted molar refractivity (Wildman–Crippen MR) is 39.2 cm³/mol. The summed E-state index contributed by atoms with van der Waals surface area (Å²) in [7, 11) is 0. The number of hydrogen-bond acceptors (Lipinski definition) is 2. The van der Waals surface area contributed by atoms with E-state index in [1.807, 2.05) is 6.08 Å². The molecule has 1 amide bonds. The summed E-state index contributed by atoms with van der Waals surface area (Å²) in [5.41, 5.74) is 0. The molecule has 3 nitrogen and oxygen atoms in total. The van der Waals surface area contributed by atoms with Crippen LogP contribution in [0.5, 0.6) is 0 Å². The maximum absolute atomic E-state index is 10.5.